The van der Waals surface area contributed by atoms with Gasteiger partial charge in [0.15, 0.2) is 0 Å². The van der Waals surface area contributed by atoms with Gasteiger partial charge in [0.05, 0.1) is 9.50 Å². The van der Waals surface area contributed by atoms with Gasteiger partial charge in [-0.05, 0) is 46.6 Å². The number of halogens is 3. The third kappa shape index (κ3) is 3.41. The van der Waals surface area contributed by atoms with E-state index in [-0.39, 0.29) is 5.91 Å². The maximum atomic E-state index is 13.4. The number of benzene rings is 1. The molecule has 0 unspecified atom stereocenters. The summed E-state index contributed by atoms with van der Waals surface area (Å²) in [5, 5.41) is 3.16. The number of carbonyl (C=O) groups excluding carboxylic acids is 1. The second-order valence-electron chi connectivity index (χ2n) is 4.32. The molecule has 0 saturated heterocycles. The minimum Gasteiger partial charge on any atom is -0.342 e. The lowest BCUT2D eigenvalue weighted by atomic mass is 10.3. The Balaban J connectivity index is 2.21. The summed E-state index contributed by atoms with van der Waals surface area (Å²) < 4.78 is 15.6. The van der Waals surface area contributed by atoms with Crippen molar-refractivity contribution in [1.29, 1.82) is 0 Å². The molecule has 0 bridgehead atoms. The molecule has 1 N–H and O–H groups in total. The molecular weight excluding hydrogens is 347 g/mol. The summed E-state index contributed by atoms with van der Waals surface area (Å²) in [5.74, 6) is -0.739. The van der Waals surface area contributed by atoms with Gasteiger partial charge >= 0.3 is 0 Å². The van der Waals surface area contributed by atoms with E-state index in [9.17, 15) is 9.18 Å². The van der Waals surface area contributed by atoms with Crippen molar-refractivity contribution in [2.75, 3.05) is 5.32 Å². The number of aromatic nitrogens is 1. The molecule has 20 heavy (non-hydrogen) atoms. The van der Waals surface area contributed by atoms with Crippen molar-refractivity contribution in [2.24, 2.45) is 0 Å². The molecule has 1 heterocycles. The fourth-order valence-electron chi connectivity index (χ4n) is 1.86. The van der Waals surface area contributed by atoms with Gasteiger partial charge in [0.1, 0.15) is 11.5 Å². The summed E-state index contributed by atoms with van der Waals surface area (Å²) in [6.45, 7) is 2.71. The van der Waals surface area contributed by atoms with Gasteiger partial charge in [0.2, 0.25) is 0 Å². The Kier molecular flexibility index (Phi) is 4.83. The van der Waals surface area contributed by atoms with E-state index in [2.05, 4.69) is 21.2 Å². The molecule has 0 fully saturated rings. The number of nitrogens with one attached hydrogen (secondary N) is 1. The maximum absolute atomic E-state index is 13.4. The predicted molar refractivity (Wildman–Crippen MR) is 81.8 cm³/mol. The highest BCUT2D eigenvalue weighted by atomic mass is 79.9. The zero-order valence-electron chi connectivity index (χ0n) is 10.8. The Hall–Kier alpha value is -1.33. The molecule has 1 amide bonds. The number of aryl methyl sites for hydroxylation is 1. The number of nitrogens with zero attached hydrogens (tertiary/aromatic N) is 1. The van der Waals surface area contributed by atoms with E-state index in [1.54, 1.807) is 29.0 Å². The number of rotatable bonds is 4. The average Bonchev–Trinajstić information content (AvgIpc) is 2.75. The highest BCUT2D eigenvalue weighted by Crippen LogP contribution is 2.21. The van der Waals surface area contributed by atoms with Crippen LogP contribution in [0, 0.1) is 5.82 Å². The molecule has 1 aromatic carbocycles. The van der Waals surface area contributed by atoms with Crippen LogP contribution in [0.1, 0.15) is 23.8 Å². The van der Waals surface area contributed by atoms with Crippen molar-refractivity contribution in [1.82, 2.24) is 4.57 Å². The third-order valence-corrected chi connectivity index (χ3v) is 3.59. The number of hydrogen-bond acceptors (Lipinski definition) is 1. The van der Waals surface area contributed by atoms with Gasteiger partial charge in [0.25, 0.3) is 5.91 Å². The third-order valence-electron chi connectivity index (χ3n) is 2.74. The second-order valence-corrected chi connectivity index (χ2v) is 5.61. The van der Waals surface area contributed by atoms with Crippen molar-refractivity contribution in [3.63, 3.8) is 0 Å². The Bertz CT molecular complexity index is 642. The Morgan fingerprint density at radius 2 is 2.20 bits per heavy atom. The summed E-state index contributed by atoms with van der Waals surface area (Å²) in [6, 6.07) is 6.03. The van der Waals surface area contributed by atoms with E-state index in [0.717, 1.165) is 6.42 Å². The predicted octanol–water partition coefficient (Wildman–Crippen LogP) is 4.71. The number of carbonyl (C=O) groups is 1. The number of hydrogen-bond donors (Lipinski definition) is 1. The summed E-state index contributed by atoms with van der Waals surface area (Å²) in [5.41, 5.74) is 0.858. The first-order chi connectivity index (χ1) is 9.51. The second kappa shape index (κ2) is 6.41. The molecule has 0 aliphatic carbocycles. The molecule has 0 aliphatic rings. The van der Waals surface area contributed by atoms with E-state index in [4.69, 9.17) is 11.6 Å². The lowest BCUT2D eigenvalue weighted by molar-refractivity contribution is 0.101. The summed E-state index contributed by atoms with van der Waals surface area (Å²) in [4.78, 5) is 12.2. The normalized spacial score (nSPS) is 10.6. The lowest BCUT2D eigenvalue weighted by Crippen LogP contribution is -2.16. The topological polar surface area (TPSA) is 34.0 Å². The summed E-state index contributed by atoms with van der Waals surface area (Å²) >= 11 is 8.99. The van der Waals surface area contributed by atoms with Crippen LogP contribution in [0.15, 0.2) is 34.9 Å². The van der Waals surface area contributed by atoms with Gasteiger partial charge in [0, 0.05) is 18.4 Å². The fourth-order valence-corrected chi connectivity index (χ4v) is 2.33. The first-order valence-electron chi connectivity index (χ1n) is 6.13. The van der Waals surface area contributed by atoms with E-state index in [1.165, 1.54) is 6.07 Å². The highest BCUT2D eigenvalue weighted by molar-refractivity contribution is 9.10. The van der Waals surface area contributed by atoms with E-state index in [1.807, 2.05) is 6.92 Å². The van der Waals surface area contributed by atoms with Gasteiger partial charge < -0.3 is 9.88 Å². The maximum Gasteiger partial charge on any atom is 0.272 e. The monoisotopic (exact) mass is 358 g/mol. The molecule has 0 spiro atoms. The number of amides is 1. The van der Waals surface area contributed by atoms with Crippen LogP contribution in [0.5, 0.6) is 0 Å². The van der Waals surface area contributed by atoms with Crippen molar-refractivity contribution >= 4 is 39.1 Å². The van der Waals surface area contributed by atoms with Crippen LogP contribution in [0.4, 0.5) is 10.1 Å². The molecule has 106 valence electrons. The van der Waals surface area contributed by atoms with Crippen LogP contribution in [0.2, 0.25) is 5.02 Å². The van der Waals surface area contributed by atoms with Crippen LogP contribution < -0.4 is 5.32 Å². The van der Waals surface area contributed by atoms with Gasteiger partial charge in [-0.3, -0.25) is 4.79 Å². The first-order valence-corrected chi connectivity index (χ1v) is 7.30. The van der Waals surface area contributed by atoms with E-state index < -0.39 is 5.82 Å². The van der Waals surface area contributed by atoms with Gasteiger partial charge in [-0.1, -0.05) is 18.5 Å². The van der Waals surface area contributed by atoms with Crippen molar-refractivity contribution < 1.29 is 9.18 Å². The van der Waals surface area contributed by atoms with Gasteiger partial charge in [-0.25, -0.2) is 4.39 Å². The number of anilines is 1. The minimum atomic E-state index is -0.426. The minimum absolute atomic E-state index is 0.313. The van der Waals surface area contributed by atoms with Crippen LogP contribution in [0.3, 0.4) is 0 Å². The smallest absolute Gasteiger partial charge is 0.272 e. The molecule has 0 atom stereocenters. The van der Waals surface area contributed by atoms with Crippen molar-refractivity contribution in [3.8, 4) is 0 Å². The molecule has 2 rings (SSSR count). The zero-order valence-corrected chi connectivity index (χ0v) is 13.1. The summed E-state index contributed by atoms with van der Waals surface area (Å²) in [6.07, 6.45) is 2.60. The fraction of sp³-hybridized carbons (Fsp3) is 0.214. The molecular formula is C14H13BrClFN2O. The Labute approximate surface area is 129 Å². The van der Waals surface area contributed by atoms with Crippen molar-refractivity contribution in [3.05, 3.63) is 51.5 Å². The molecule has 6 heteroatoms. The Morgan fingerprint density at radius 3 is 2.85 bits per heavy atom. The largest absolute Gasteiger partial charge is 0.342 e. The molecule has 2 aromatic rings. The molecule has 1 aromatic heterocycles. The standard InChI is InChI=1S/C14H13BrClFN2O/c1-2-5-19-8-9(16)6-13(19)14(20)18-10-3-4-11(15)12(17)7-10/h3-4,6-8H,2,5H2,1H3,(H,18,20). The van der Waals surface area contributed by atoms with Gasteiger partial charge in [-0.15, -0.1) is 0 Å². The average molecular weight is 360 g/mol. The summed E-state index contributed by atoms with van der Waals surface area (Å²) in [7, 11) is 0. The SMILES string of the molecule is CCCn1cc(Cl)cc1C(=O)Nc1ccc(Br)c(F)c1. The van der Waals surface area contributed by atoms with Crippen molar-refractivity contribution in [2.45, 2.75) is 19.9 Å². The van der Waals surface area contributed by atoms with E-state index in [0.29, 0.717) is 27.4 Å². The highest BCUT2D eigenvalue weighted by Gasteiger charge is 2.13. The molecule has 3 nitrogen and oxygen atoms in total. The van der Waals surface area contributed by atoms with Crippen LogP contribution in [-0.4, -0.2) is 10.5 Å². The van der Waals surface area contributed by atoms with Crippen LogP contribution >= 0.6 is 27.5 Å². The molecule has 0 saturated carbocycles. The van der Waals surface area contributed by atoms with E-state index >= 15 is 0 Å². The zero-order chi connectivity index (χ0) is 14.7. The molecule has 0 radical (unpaired) electrons. The van der Waals surface area contributed by atoms with Gasteiger partial charge in [-0.2, -0.15) is 0 Å². The molecule has 0 aliphatic heterocycles. The Morgan fingerprint density at radius 1 is 1.45 bits per heavy atom. The van der Waals surface area contributed by atoms with Crippen LogP contribution in [0.25, 0.3) is 0 Å². The first kappa shape index (κ1) is 15.1. The van der Waals surface area contributed by atoms with Crippen LogP contribution in [-0.2, 0) is 6.54 Å². The lowest BCUT2D eigenvalue weighted by Gasteiger charge is -2.09. The quantitative estimate of drug-likeness (QED) is 0.843.